The molecule has 4 heteroatoms. The molecule has 0 radical (unpaired) electrons. The lowest BCUT2D eigenvalue weighted by molar-refractivity contribution is 0.102. The van der Waals surface area contributed by atoms with Crippen molar-refractivity contribution >= 4 is 27.5 Å². The number of phenols is 1. The molecule has 1 amide bonds. The standard InChI is InChI=1S/C15H14BrNO2/c1-10-6-7-14(18)12(8-10)15(19)17-13-5-3-2-4-11(13)9-16/h2-8,18H,9H2,1H3,(H,17,19). The molecule has 0 aliphatic heterocycles. The lowest BCUT2D eigenvalue weighted by Crippen LogP contribution is -2.13. The molecule has 0 unspecified atom stereocenters. The highest BCUT2D eigenvalue weighted by Gasteiger charge is 2.12. The van der Waals surface area contributed by atoms with Gasteiger partial charge in [-0.3, -0.25) is 4.79 Å². The molecule has 2 aromatic carbocycles. The van der Waals surface area contributed by atoms with Gasteiger partial charge in [-0.2, -0.15) is 0 Å². The largest absolute Gasteiger partial charge is 0.507 e. The van der Waals surface area contributed by atoms with Crippen LogP contribution in [-0.4, -0.2) is 11.0 Å². The molecule has 0 heterocycles. The molecule has 0 spiro atoms. The number of carbonyl (C=O) groups excluding carboxylic acids is 1. The number of rotatable bonds is 3. The van der Waals surface area contributed by atoms with Crippen molar-refractivity contribution in [3.63, 3.8) is 0 Å². The van der Waals surface area contributed by atoms with Crippen molar-refractivity contribution < 1.29 is 9.90 Å². The zero-order valence-corrected chi connectivity index (χ0v) is 12.1. The molecule has 2 aromatic rings. The van der Waals surface area contributed by atoms with E-state index in [0.717, 1.165) is 16.8 Å². The maximum atomic E-state index is 12.2. The molecule has 0 bridgehead atoms. The van der Waals surface area contributed by atoms with E-state index < -0.39 is 0 Å². The maximum Gasteiger partial charge on any atom is 0.259 e. The summed E-state index contributed by atoms with van der Waals surface area (Å²) in [4.78, 5) is 12.2. The Morgan fingerprint density at radius 2 is 2.00 bits per heavy atom. The van der Waals surface area contributed by atoms with Gasteiger partial charge in [0.1, 0.15) is 5.75 Å². The Bertz CT molecular complexity index is 611. The fourth-order valence-electron chi connectivity index (χ4n) is 1.78. The number of alkyl halides is 1. The van der Waals surface area contributed by atoms with E-state index in [1.807, 2.05) is 31.2 Å². The molecule has 0 saturated heterocycles. The molecule has 0 atom stereocenters. The van der Waals surface area contributed by atoms with E-state index in [0.29, 0.717) is 5.33 Å². The second kappa shape index (κ2) is 5.89. The third-order valence-corrected chi connectivity index (χ3v) is 3.41. The van der Waals surface area contributed by atoms with Crippen molar-refractivity contribution in [2.24, 2.45) is 0 Å². The first kappa shape index (κ1) is 13.6. The fourth-order valence-corrected chi connectivity index (χ4v) is 2.27. The Balaban J connectivity index is 2.28. The third-order valence-electron chi connectivity index (χ3n) is 2.81. The highest BCUT2D eigenvalue weighted by atomic mass is 79.9. The van der Waals surface area contributed by atoms with Crippen LogP contribution in [0.25, 0.3) is 0 Å². The minimum atomic E-state index is -0.311. The molecule has 0 fully saturated rings. The number of nitrogens with one attached hydrogen (secondary N) is 1. The first-order chi connectivity index (χ1) is 9.11. The molecule has 0 saturated carbocycles. The lowest BCUT2D eigenvalue weighted by Gasteiger charge is -2.10. The summed E-state index contributed by atoms with van der Waals surface area (Å²) in [6, 6.07) is 12.5. The number of amides is 1. The van der Waals surface area contributed by atoms with Crippen LogP contribution in [0.5, 0.6) is 5.75 Å². The van der Waals surface area contributed by atoms with Gasteiger partial charge in [0.15, 0.2) is 0 Å². The Morgan fingerprint density at radius 1 is 1.26 bits per heavy atom. The highest BCUT2D eigenvalue weighted by Crippen LogP contribution is 2.22. The average molecular weight is 320 g/mol. The lowest BCUT2D eigenvalue weighted by atomic mass is 10.1. The Labute approximate surface area is 120 Å². The van der Waals surface area contributed by atoms with Crippen LogP contribution in [-0.2, 0) is 5.33 Å². The van der Waals surface area contributed by atoms with Gasteiger partial charge < -0.3 is 10.4 Å². The summed E-state index contributed by atoms with van der Waals surface area (Å²) in [6.07, 6.45) is 0. The van der Waals surface area contributed by atoms with Crippen LogP contribution in [0.4, 0.5) is 5.69 Å². The van der Waals surface area contributed by atoms with Crippen molar-refractivity contribution in [1.29, 1.82) is 0 Å². The van der Waals surface area contributed by atoms with E-state index in [9.17, 15) is 9.90 Å². The van der Waals surface area contributed by atoms with Gasteiger partial charge in [-0.1, -0.05) is 45.8 Å². The number of aromatic hydroxyl groups is 1. The number of aryl methyl sites for hydroxylation is 1. The summed E-state index contributed by atoms with van der Waals surface area (Å²) >= 11 is 3.38. The van der Waals surface area contributed by atoms with Gasteiger partial charge in [-0.25, -0.2) is 0 Å². The van der Waals surface area contributed by atoms with Crippen LogP contribution in [0.15, 0.2) is 42.5 Å². The number of hydrogen-bond donors (Lipinski definition) is 2. The second-order valence-corrected chi connectivity index (χ2v) is 4.83. The van der Waals surface area contributed by atoms with Gasteiger partial charge in [0.25, 0.3) is 5.91 Å². The Kier molecular flexibility index (Phi) is 4.22. The van der Waals surface area contributed by atoms with E-state index in [1.54, 1.807) is 12.1 Å². The minimum absolute atomic E-state index is 0.0144. The van der Waals surface area contributed by atoms with Crippen molar-refractivity contribution in [2.45, 2.75) is 12.3 Å². The van der Waals surface area contributed by atoms with Gasteiger partial charge >= 0.3 is 0 Å². The summed E-state index contributed by atoms with van der Waals surface area (Å²) in [5.74, 6) is -0.325. The second-order valence-electron chi connectivity index (χ2n) is 4.27. The number of carbonyl (C=O) groups is 1. The molecule has 19 heavy (non-hydrogen) atoms. The maximum absolute atomic E-state index is 12.2. The molecule has 2 N–H and O–H groups in total. The number of para-hydroxylation sites is 1. The summed E-state index contributed by atoms with van der Waals surface area (Å²) in [7, 11) is 0. The summed E-state index contributed by atoms with van der Waals surface area (Å²) < 4.78 is 0. The zero-order valence-electron chi connectivity index (χ0n) is 10.5. The van der Waals surface area contributed by atoms with Crippen LogP contribution < -0.4 is 5.32 Å². The quantitative estimate of drug-likeness (QED) is 0.844. The molecular weight excluding hydrogens is 306 g/mol. The van der Waals surface area contributed by atoms with Crippen molar-refractivity contribution in [2.75, 3.05) is 5.32 Å². The van der Waals surface area contributed by atoms with E-state index in [4.69, 9.17) is 0 Å². The summed E-state index contributed by atoms with van der Waals surface area (Å²) in [5, 5.41) is 13.2. The van der Waals surface area contributed by atoms with E-state index >= 15 is 0 Å². The SMILES string of the molecule is Cc1ccc(O)c(C(=O)Nc2ccccc2CBr)c1. The van der Waals surface area contributed by atoms with Crippen molar-refractivity contribution in [1.82, 2.24) is 0 Å². The van der Waals surface area contributed by atoms with Crippen molar-refractivity contribution in [3.8, 4) is 5.75 Å². The van der Waals surface area contributed by atoms with Crippen LogP contribution in [0.1, 0.15) is 21.5 Å². The van der Waals surface area contributed by atoms with Crippen LogP contribution in [0.2, 0.25) is 0 Å². The van der Waals surface area contributed by atoms with E-state index in [2.05, 4.69) is 21.2 Å². The van der Waals surface area contributed by atoms with Gasteiger partial charge in [-0.05, 0) is 30.7 Å². The summed E-state index contributed by atoms with van der Waals surface area (Å²) in [5.41, 5.74) is 2.94. The van der Waals surface area contributed by atoms with E-state index in [-0.39, 0.29) is 17.2 Å². The average Bonchev–Trinajstić information content (AvgIpc) is 2.42. The number of halogens is 1. The first-order valence-corrected chi connectivity index (χ1v) is 6.99. The topological polar surface area (TPSA) is 49.3 Å². The normalized spacial score (nSPS) is 10.2. The van der Waals surface area contributed by atoms with Crippen LogP contribution in [0.3, 0.4) is 0 Å². The predicted octanol–water partition coefficient (Wildman–Crippen LogP) is 3.85. The molecule has 98 valence electrons. The van der Waals surface area contributed by atoms with Crippen molar-refractivity contribution in [3.05, 3.63) is 59.2 Å². The third kappa shape index (κ3) is 3.15. The monoisotopic (exact) mass is 319 g/mol. The van der Waals surface area contributed by atoms with Gasteiger partial charge in [0.05, 0.1) is 5.56 Å². The Hall–Kier alpha value is -1.81. The summed E-state index contributed by atoms with van der Waals surface area (Å²) in [6.45, 7) is 1.88. The first-order valence-electron chi connectivity index (χ1n) is 5.86. The van der Waals surface area contributed by atoms with Gasteiger partial charge in [-0.15, -0.1) is 0 Å². The number of hydrogen-bond acceptors (Lipinski definition) is 2. The number of phenolic OH excluding ortho intramolecular Hbond substituents is 1. The molecule has 0 aromatic heterocycles. The molecule has 3 nitrogen and oxygen atoms in total. The molecule has 0 aliphatic rings. The smallest absolute Gasteiger partial charge is 0.259 e. The molecule has 0 aliphatic carbocycles. The highest BCUT2D eigenvalue weighted by molar-refractivity contribution is 9.08. The van der Waals surface area contributed by atoms with Crippen LogP contribution in [0, 0.1) is 6.92 Å². The minimum Gasteiger partial charge on any atom is -0.507 e. The number of anilines is 1. The van der Waals surface area contributed by atoms with Gasteiger partial charge in [0.2, 0.25) is 0 Å². The fraction of sp³-hybridized carbons (Fsp3) is 0.133. The number of benzene rings is 2. The molecule has 2 rings (SSSR count). The van der Waals surface area contributed by atoms with Gasteiger partial charge in [0, 0.05) is 11.0 Å². The Morgan fingerprint density at radius 3 is 2.74 bits per heavy atom. The molecular formula is C15H14BrNO2. The van der Waals surface area contributed by atoms with Crippen LogP contribution >= 0.6 is 15.9 Å². The predicted molar refractivity (Wildman–Crippen MR) is 79.9 cm³/mol. The zero-order chi connectivity index (χ0) is 13.8. The van der Waals surface area contributed by atoms with E-state index in [1.165, 1.54) is 6.07 Å².